The molecule has 0 saturated carbocycles. The van der Waals surface area contributed by atoms with Crippen molar-refractivity contribution in [2.24, 2.45) is 0 Å². The van der Waals surface area contributed by atoms with Gasteiger partial charge in [-0.15, -0.1) is 11.3 Å². The normalized spacial score (nSPS) is 12.9. The number of benzene rings is 1. The number of hydrogen-bond acceptors (Lipinski definition) is 6. The molecule has 0 unspecified atom stereocenters. The molecule has 1 saturated heterocycles. The Morgan fingerprint density at radius 2 is 1.91 bits per heavy atom. The summed E-state index contributed by atoms with van der Waals surface area (Å²) in [4.78, 5) is 35.8. The van der Waals surface area contributed by atoms with E-state index in [0.717, 1.165) is 35.3 Å². The maximum absolute atomic E-state index is 12.5. The molecule has 1 fully saturated rings. The van der Waals surface area contributed by atoms with E-state index in [9.17, 15) is 9.59 Å². The number of pyridine rings is 2. The van der Waals surface area contributed by atoms with Gasteiger partial charge in [0.15, 0.2) is 0 Å². The van der Waals surface area contributed by atoms with Gasteiger partial charge in [0.05, 0.1) is 26.5 Å². The highest BCUT2D eigenvalue weighted by Crippen LogP contribution is 2.35. The molecule has 5 rings (SSSR count). The molecule has 4 heterocycles. The smallest absolute Gasteiger partial charge is 0.264 e. The van der Waals surface area contributed by atoms with Gasteiger partial charge in [0.25, 0.3) is 5.91 Å². The molecule has 0 atom stereocenters. The number of carbonyl (C=O) groups is 2. The Morgan fingerprint density at radius 3 is 2.61 bits per heavy atom. The van der Waals surface area contributed by atoms with E-state index in [4.69, 9.17) is 16.3 Å². The lowest BCUT2D eigenvalue weighted by Crippen LogP contribution is -2.41. The number of nitrogens with zero attached hydrogens (tertiary/aromatic N) is 3. The van der Waals surface area contributed by atoms with Gasteiger partial charge in [0, 0.05) is 31.5 Å². The molecule has 3 aromatic heterocycles. The van der Waals surface area contributed by atoms with Crippen molar-refractivity contribution in [3.05, 3.63) is 76.4 Å². The minimum atomic E-state index is -0.174. The van der Waals surface area contributed by atoms with Gasteiger partial charge in [-0.25, -0.2) is 4.98 Å². The standard InChI is InChI=1S/C24H19ClN4O3S/c25-16-4-7-21(27-14-16)28-22(30)12-15-2-5-17(6-3-15)32-19-8-9-26-18-13-20(33-23(18)19)24(31)29-10-1-11-29/h2-9,13-14H,1,10-12H2,(H,27,28,30). The molecule has 2 amide bonds. The minimum absolute atomic E-state index is 0.0478. The number of amides is 2. The zero-order valence-corrected chi connectivity index (χ0v) is 19.0. The second-order valence-electron chi connectivity index (χ2n) is 7.61. The van der Waals surface area contributed by atoms with Crippen LogP contribution in [0.3, 0.4) is 0 Å². The van der Waals surface area contributed by atoms with Crippen LogP contribution in [0.2, 0.25) is 5.02 Å². The zero-order chi connectivity index (χ0) is 22.8. The SMILES string of the molecule is O=C(Cc1ccc(Oc2ccnc3cc(C(=O)N4CCC4)sc23)cc1)Nc1ccc(Cl)cn1. The third-order valence-corrected chi connectivity index (χ3v) is 6.59. The number of ether oxygens (including phenoxy) is 1. The summed E-state index contributed by atoms with van der Waals surface area (Å²) in [5.41, 5.74) is 1.58. The van der Waals surface area contributed by atoms with Crippen molar-refractivity contribution in [3.63, 3.8) is 0 Å². The molecule has 4 aromatic rings. The monoisotopic (exact) mass is 478 g/mol. The zero-order valence-electron chi connectivity index (χ0n) is 17.5. The van der Waals surface area contributed by atoms with Gasteiger partial charge >= 0.3 is 0 Å². The molecule has 33 heavy (non-hydrogen) atoms. The van der Waals surface area contributed by atoms with Crippen LogP contribution in [0.4, 0.5) is 5.82 Å². The molecule has 166 valence electrons. The maximum Gasteiger partial charge on any atom is 0.264 e. The van der Waals surface area contributed by atoms with E-state index in [1.165, 1.54) is 17.5 Å². The molecule has 9 heteroatoms. The lowest BCUT2D eigenvalue weighted by Gasteiger charge is -2.30. The number of rotatable bonds is 6. The van der Waals surface area contributed by atoms with E-state index in [2.05, 4.69) is 15.3 Å². The van der Waals surface area contributed by atoms with Gasteiger partial charge in [-0.2, -0.15) is 0 Å². The molecular formula is C24H19ClN4O3S. The van der Waals surface area contributed by atoms with Crippen LogP contribution >= 0.6 is 22.9 Å². The molecule has 0 spiro atoms. The fourth-order valence-electron chi connectivity index (χ4n) is 3.40. The summed E-state index contributed by atoms with van der Waals surface area (Å²) in [5.74, 6) is 1.61. The number of thiophene rings is 1. The van der Waals surface area contributed by atoms with Crippen molar-refractivity contribution < 1.29 is 14.3 Å². The molecule has 0 bridgehead atoms. The molecule has 1 aliphatic heterocycles. The molecule has 1 aromatic carbocycles. The Labute approximate surface area is 199 Å². The summed E-state index contributed by atoms with van der Waals surface area (Å²) < 4.78 is 6.91. The first-order valence-corrected chi connectivity index (χ1v) is 11.6. The number of aromatic nitrogens is 2. The summed E-state index contributed by atoms with van der Waals surface area (Å²) in [6, 6.07) is 14.3. The molecule has 1 N–H and O–H groups in total. The number of hydrogen-bond donors (Lipinski definition) is 1. The molecule has 0 aliphatic carbocycles. The van der Waals surface area contributed by atoms with Gasteiger partial charge in [-0.05, 0) is 42.3 Å². The molecule has 1 aliphatic rings. The van der Waals surface area contributed by atoms with Crippen LogP contribution in [0.25, 0.3) is 10.2 Å². The van der Waals surface area contributed by atoms with Gasteiger partial charge in [-0.1, -0.05) is 23.7 Å². The van der Waals surface area contributed by atoms with E-state index in [1.54, 1.807) is 24.4 Å². The van der Waals surface area contributed by atoms with Crippen LogP contribution in [-0.4, -0.2) is 39.8 Å². The Kier molecular flexibility index (Phi) is 5.93. The summed E-state index contributed by atoms with van der Waals surface area (Å²) in [7, 11) is 0. The Bertz CT molecular complexity index is 1320. The summed E-state index contributed by atoms with van der Waals surface area (Å²) >= 11 is 7.21. The van der Waals surface area contributed by atoms with Crippen LogP contribution in [0.5, 0.6) is 11.5 Å². The van der Waals surface area contributed by atoms with Crippen LogP contribution in [-0.2, 0) is 11.2 Å². The van der Waals surface area contributed by atoms with Crippen molar-refractivity contribution in [1.82, 2.24) is 14.9 Å². The number of nitrogens with one attached hydrogen (secondary N) is 1. The fourth-order valence-corrected chi connectivity index (χ4v) is 4.55. The highest BCUT2D eigenvalue weighted by molar-refractivity contribution is 7.21. The minimum Gasteiger partial charge on any atom is -0.456 e. The lowest BCUT2D eigenvalue weighted by atomic mass is 10.1. The summed E-state index contributed by atoms with van der Waals surface area (Å²) in [6.45, 7) is 1.62. The van der Waals surface area contributed by atoms with E-state index in [-0.39, 0.29) is 18.2 Å². The van der Waals surface area contributed by atoms with Crippen LogP contribution in [0, 0.1) is 0 Å². The second kappa shape index (κ2) is 9.17. The first-order chi connectivity index (χ1) is 16.0. The van der Waals surface area contributed by atoms with E-state index >= 15 is 0 Å². The largest absolute Gasteiger partial charge is 0.456 e. The predicted octanol–water partition coefficient (Wildman–Crippen LogP) is 5.16. The van der Waals surface area contributed by atoms with E-state index in [0.29, 0.717) is 27.2 Å². The highest BCUT2D eigenvalue weighted by Gasteiger charge is 2.24. The van der Waals surface area contributed by atoms with Gasteiger partial charge < -0.3 is 15.0 Å². The number of halogens is 1. The van der Waals surface area contributed by atoms with Crippen molar-refractivity contribution >= 4 is 50.8 Å². The van der Waals surface area contributed by atoms with Crippen molar-refractivity contribution in [1.29, 1.82) is 0 Å². The third kappa shape index (κ3) is 4.81. The average Bonchev–Trinajstić information content (AvgIpc) is 3.21. The molecular weight excluding hydrogens is 460 g/mol. The Morgan fingerprint density at radius 1 is 1.09 bits per heavy atom. The predicted molar refractivity (Wildman–Crippen MR) is 128 cm³/mol. The Hall–Kier alpha value is -3.49. The van der Waals surface area contributed by atoms with Gasteiger partial charge in [0.2, 0.25) is 5.91 Å². The summed E-state index contributed by atoms with van der Waals surface area (Å²) in [6.07, 6.45) is 4.42. The summed E-state index contributed by atoms with van der Waals surface area (Å²) in [5, 5.41) is 3.25. The third-order valence-electron chi connectivity index (χ3n) is 5.24. The quantitative estimate of drug-likeness (QED) is 0.413. The Balaban J connectivity index is 1.26. The van der Waals surface area contributed by atoms with E-state index in [1.807, 2.05) is 35.2 Å². The van der Waals surface area contributed by atoms with Crippen molar-refractivity contribution in [2.45, 2.75) is 12.8 Å². The van der Waals surface area contributed by atoms with Gasteiger partial charge in [0.1, 0.15) is 17.3 Å². The molecule has 0 radical (unpaired) electrons. The number of likely N-dealkylation sites (tertiary alicyclic amines) is 1. The maximum atomic E-state index is 12.5. The van der Waals surface area contributed by atoms with Crippen molar-refractivity contribution in [3.8, 4) is 11.5 Å². The van der Waals surface area contributed by atoms with Gasteiger partial charge in [-0.3, -0.25) is 14.6 Å². The topological polar surface area (TPSA) is 84.4 Å². The lowest BCUT2D eigenvalue weighted by molar-refractivity contribution is -0.115. The second-order valence-corrected chi connectivity index (χ2v) is 9.10. The number of fused-ring (bicyclic) bond motifs is 1. The molecule has 7 nitrogen and oxygen atoms in total. The first kappa shape index (κ1) is 21.4. The number of anilines is 1. The highest BCUT2D eigenvalue weighted by atomic mass is 35.5. The van der Waals surface area contributed by atoms with Crippen LogP contribution in [0.15, 0.2) is 60.9 Å². The fraction of sp³-hybridized carbons (Fsp3) is 0.167. The average molecular weight is 479 g/mol. The van der Waals surface area contributed by atoms with E-state index < -0.39 is 0 Å². The first-order valence-electron chi connectivity index (χ1n) is 10.4. The van der Waals surface area contributed by atoms with Crippen LogP contribution in [0.1, 0.15) is 21.7 Å². The van der Waals surface area contributed by atoms with Crippen molar-refractivity contribution in [2.75, 3.05) is 18.4 Å². The van der Waals surface area contributed by atoms with Crippen LogP contribution < -0.4 is 10.1 Å². The number of carbonyl (C=O) groups excluding carboxylic acids is 2.